The van der Waals surface area contributed by atoms with E-state index >= 15 is 0 Å². The Kier molecular flexibility index (Phi) is 5.46. The minimum atomic E-state index is -0.221. The molecule has 1 heterocycles. The lowest BCUT2D eigenvalue weighted by molar-refractivity contribution is -0.124. The molecular weight excluding hydrogens is 204 g/mol. The summed E-state index contributed by atoms with van der Waals surface area (Å²) in [5.41, 5.74) is 5.37. The maximum absolute atomic E-state index is 11.2. The minimum Gasteiger partial charge on any atom is -0.368 e. The van der Waals surface area contributed by atoms with Crippen molar-refractivity contribution in [2.24, 2.45) is 5.73 Å². The second-order valence-electron chi connectivity index (χ2n) is 4.45. The minimum absolute atomic E-state index is 0.106. The first-order valence-corrected chi connectivity index (χ1v) is 6.20. The van der Waals surface area contributed by atoms with E-state index in [4.69, 9.17) is 5.73 Å². The molecule has 0 aromatic rings. The van der Waals surface area contributed by atoms with Crippen molar-refractivity contribution in [1.29, 1.82) is 0 Å². The van der Waals surface area contributed by atoms with Gasteiger partial charge in [-0.3, -0.25) is 14.5 Å². The van der Waals surface area contributed by atoms with Crippen molar-refractivity contribution in [3.63, 3.8) is 0 Å². The molecule has 0 bridgehead atoms. The number of nitrogens with two attached hydrogens (primary N) is 1. The molecule has 1 aliphatic rings. The lowest BCUT2D eigenvalue weighted by Crippen LogP contribution is -2.47. The van der Waals surface area contributed by atoms with Crippen LogP contribution in [0.2, 0.25) is 0 Å². The lowest BCUT2D eigenvalue weighted by atomic mass is 10.0. The maximum atomic E-state index is 11.2. The number of nitrogens with zero attached hydrogens (tertiary/aromatic N) is 1. The molecule has 1 fully saturated rings. The van der Waals surface area contributed by atoms with Crippen LogP contribution in [0.4, 0.5) is 0 Å². The summed E-state index contributed by atoms with van der Waals surface area (Å²) < 4.78 is 0. The van der Waals surface area contributed by atoms with Gasteiger partial charge in [-0.15, -0.1) is 0 Å². The number of Topliss-reactive ketones (excluding diaryl/α,β-unsaturated/α-hetero) is 1. The summed E-state index contributed by atoms with van der Waals surface area (Å²) in [5, 5.41) is 0. The number of carbonyl (C=O) groups excluding carboxylic acids is 2. The highest BCUT2D eigenvalue weighted by Gasteiger charge is 2.26. The summed E-state index contributed by atoms with van der Waals surface area (Å²) in [5.74, 6) is 0.0779. The van der Waals surface area contributed by atoms with E-state index in [0.717, 1.165) is 38.8 Å². The second kappa shape index (κ2) is 6.63. The number of rotatable bonds is 6. The third kappa shape index (κ3) is 3.93. The molecule has 0 spiro atoms. The van der Waals surface area contributed by atoms with Gasteiger partial charge in [0, 0.05) is 12.8 Å². The van der Waals surface area contributed by atoms with Crippen molar-refractivity contribution in [3.8, 4) is 0 Å². The van der Waals surface area contributed by atoms with Crippen LogP contribution in [0.25, 0.3) is 0 Å². The fourth-order valence-corrected chi connectivity index (χ4v) is 2.24. The van der Waals surface area contributed by atoms with E-state index in [-0.39, 0.29) is 11.9 Å². The van der Waals surface area contributed by atoms with Gasteiger partial charge in [-0.2, -0.15) is 0 Å². The molecule has 0 saturated carbocycles. The molecule has 1 unspecified atom stereocenters. The molecule has 92 valence electrons. The van der Waals surface area contributed by atoms with E-state index in [1.54, 1.807) is 0 Å². The van der Waals surface area contributed by atoms with Crippen LogP contribution >= 0.6 is 0 Å². The Hall–Kier alpha value is -0.900. The van der Waals surface area contributed by atoms with Gasteiger partial charge in [0.2, 0.25) is 5.91 Å². The monoisotopic (exact) mass is 226 g/mol. The summed E-state index contributed by atoms with van der Waals surface area (Å²) in [7, 11) is 0. The normalized spacial score (nSPS) is 21.9. The van der Waals surface area contributed by atoms with Crippen LogP contribution in [0, 0.1) is 0 Å². The molecule has 4 heteroatoms. The molecule has 1 aliphatic heterocycles. The zero-order chi connectivity index (χ0) is 12.0. The number of carbonyl (C=O) groups is 2. The Morgan fingerprint density at radius 2 is 2.12 bits per heavy atom. The van der Waals surface area contributed by atoms with E-state index < -0.39 is 0 Å². The van der Waals surface area contributed by atoms with E-state index in [1.165, 1.54) is 0 Å². The smallest absolute Gasteiger partial charge is 0.234 e. The molecule has 0 aromatic heterocycles. The average Bonchev–Trinajstić information content (AvgIpc) is 2.29. The summed E-state index contributed by atoms with van der Waals surface area (Å²) in [6.07, 6.45) is 5.16. The Bertz CT molecular complexity index is 253. The Balaban J connectivity index is 2.32. The van der Waals surface area contributed by atoms with Crippen molar-refractivity contribution in [2.45, 2.75) is 51.5 Å². The van der Waals surface area contributed by atoms with Gasteiger partial charge in [0.05, 0.1) is 6.04 Å². The quantitative estimate of drug-likeness (QED) is 0.737. The van der Waals surface area contributed by atoms with Crippen LogP contribution in [-0.2, 0) is 9.59 Å². The third-order valence-electron chi connectivity index (χ3n) is 3.24. The molecule has 1 atom stereocenters. The van der Waals surface area contributed by atoms with Gasteiger partial charge >= 0.3 is 0 Å². The zero-order valence-corrected chi connectivity index (χ0v) is 10.1. The Morgan fingerprint density at radius 3 is 2.75 bits per heavy atom. The first kappa shape index (κ1) is 13.2. The molecule has 1 amide bonds. The van der Waals surface area contributed by atoms with Crippen molar-refractivity contribution < 1.29 is 9.59 Å². The Morgan fingerprint density at radius 1 is 1.38 bits per heavy atom. The number of ketones is 1. The number of primary amides is 1. The molecule has 4 nitrogen and oxygen atoms in total. The highest BCUT2D eigenvalue weighted by molar-refractivity contribution is 5.80. The van der Waals surface area contributed by atoms with Gasteiger partial charge in [0.15, 0.2) is 0 Å². The predicted octanol–water partition coefficient (Wildman–Crippen LogP) is 1.09. The molecule has 0 aromatic carbocycles. The SMILES string of the molecule is CCC(=O)CCCN1CCCCC1C(N)=O. The van der Waals surface area contributed by atoms with Crippen LogP contribution in [0.1, 0.15) is 45.4 Å². The number of hydrogen-bond acceptors (Lipinski definition) is 3. The van der Waals surface area contributed by atoms with E-state index in [0.29, 0.717) is 18.6 Å². The molecule has 1 rings (SSSR count). The number of amides is 1. The maximum Gasteiger partial charge on any atom is 0.234 e. The average molecular weight is 226 g/mol. The standard InChI is InChI=1S/C12H22N2O2/c1-2-10(15)6-5-9-14-8-4-3-7-11(14)12(13)16/h11H,2-9H2,1H3,(H2,13,16). The second-order valence-corrected chi connectivity index (χ2v) is 4.45. The van der Waals surface area contributed by atoms with Crippen LogP contribution in [-0.4, -0.2) is 35.7 Å². The summed E-state index contributed by atoms with van der Waals surface area (Å²) in [6.45, 7) is 3.64. The number of piperidine rings is 1. The Labute approximate surface area is 97.2 Å². The van der Waals surface area contributed by atoms with Gasteiger partial charge < -0.3 is 5.73 Å². The molecular formula is C12H22N2O2. The van der Waals surface area contributed by atoms with Crippen LogP contribution in [0.3, 0.4) is 0 Å². The number of hydrogen-bond donors (Lipinski definition) is 1. The highest BCUT2D eigenvalue weighted by Crippen LogP contribution is 2.17. The molecule has 2 N–H and O–H groups in total. The molecule has 16 heavy (non-hydrogen) atoms. The summed E-state index contributed by atoms with van der Waals surface area (Å²) in [6, 6.07) is -0.106. The first-order chi connectivity index (χ1) is 7.65. The fraction of sp³-hybridized carbons (Fsp3) is 0.833. The van der Waals surface area contributed by atoms with Crippen molar-refractivity contribution in [2.75, 3.05) is 13.1 Å². The predicted molar refractivity (Wildman–Crippen MR) is 62.9 cm³/mol. The molecule has 0 aliphatic carbocycles. The van der Waals surface area contributed by atoms with Gasteiger partial charge in [0.1, 0.15) is 5.78 Å². The van der Waals surface area contributed by atoms with Crippen molar-refractivity contribution in [1.82, 2.24) is 4.90 Å². The van der Waals surface area contributed by atoms with Gasteiger partial charge in [-0.25, -0.2) is 0 Å². The van der Waals surface area contributed by atoms with E-state index in [2.05, 4.69) is 4.90 Å². The van der Waals surface area contributed by atoms with Crippen molar-refractivity contribution in [3.05, 3.63) is 0 Å². The largest absolute Gasteiger partial charge is 0.368 e. The summed E-state index contributed by atoms with van der Waals surface area (Å²) >= 11 is 0. The lowest BCUT2D eigenvalue weighted by Gasteiger charge is -2.33. The van der Waals surface area contributed by atoms with Crippen LogP contribution < -0.4 is 5.73 Å². The molecule has 1 saturated heterocycles. The van der Waals surface area contributed by atoms with Crippen LogP contribution in [0.5, 0.6) is 0 Å². The zero-order valence-electron chi connectivity index (χ0n) is 10.1. The molecule has 0 radical (unpaired) electrons. The van der Waals surface area contributed by atoms with E-state index in [9.17, 15) is 9.59 Å². The number of likely N-dealkylation sites (tertiary alicyclic amines) is 1. The van der Waals surface area contributed by atoms with Crippen molar-refractivity contribution >= 4 is 11.7 Å². The van der Waals surface area contributed by atoms with Gasteiger partial charge in [-0.05, 0) is 32.4 Å². The summed E-state index contributed by atoms with van der Waals surface area (Å²) in [4.78, 5) is 24.5. The van der Waals surface area contributed by atoms with E-state index in [1.807, 2.05) is 6.92 Å². The van der Waals surface area contributed by atoms with Gasteiger partial charge in [-0.1, -0.05) is 13.3 Å². The van der Waals surface area contributed by atoms with Gasteiger partial charge in [0.25, 0.3) is 0 Å². The third-order valence-corrected chi connectivity index (χ3v) is 3.24. The fourth-order valence-electron chi connectivity index (χ4n) is 2.24. The topological polar surface area (TPSA) is 63.4 Å². The highest BCUT2D eigenvalue weighted by atomic mass is 16.1. The van der Waals surface area contributed by atoms with Crippen LogP contribution in [0.15, 0.2) is 0 Å². The first-order valence-electron chi connectivity index (χ1n) is 6.20.